The van der Waals surface area contributed by atoms with E-state index in [2.05, 4.69) is 28.8 Å². The predicted octanol–water partition coefficient (Wildman–Crippen LogP) is 1.30. The largest absolute Gasteiger partial charge is 0.346 e. The summed E-state index contributed by atoms with van der Waals surface area (Å²) in [7, 11) is 0. The van der Waals surface area contributed by atoms with Crippen molar-refractivity contribution in [1.82, 2.24) is 24.6 Å². The van der Waals surface area contributed by atoms with Gasteiger partial charge < -0.3 is 9.80 Å². The molecule has 0 aromatic carbocycles. The maximum atomic E-state index is 12.0. The van der Waals surface area contributed by atoms with E-state index < -0.39 is 0 Å². The molecule has 0 bridgehead atoms. The van der Waals surface area contributed by atoms with Gasteiger partial charge in [-0.15, -0.1) is 0 Å². The van der Waals surface area contributed by atoms with Crippen molar-refractivity contribution in [1.29, 1.82) is 0 Å². The van der Waals surface area contributed by atoms with E-state index >= 15 is 0 Å². The minimum absolute atomic E-state index is 0.0432. The quantitative estimate of drug-likeness (QED) is 0.817. The lowest BCUT2D eigenvalue weighted by Gasteiger charge is -2.46. The molecule has 3 rings (SSSR count). The SMILES string of the molecule is CC(C)N1CCC(C2CN(C(=O)n3cncn3)C2)CC1. The third-order valence-electron chi connectivity index (χ3n) is 4.77. The number of hydrogen-bond donors (Lipinski definition) is 0. The number of hydrogen-bond acceptors (Lipinski definition) is 4. The molecule has 0 saturated carbocycles. The molecule has 20 heavy (non-hydrogen) atoms. The fourth-order valence-electron chi connectivity index (χ4n) is 3.33. The highest BCUT2D eigenvalue weighted by atomic mass is 16.2. The van der Waals surface area contributed by atoms with Gasteiger partial charge in [0.05, 0.1) is 0 Å². The molecule has 6 heteroatoms. The summed E-state index contributed by atoms with van der Waals surface area (Å²) in [5.41, 5.74) is 0. The highest BCUT2D eigenvalue weighted by molar-refractivity contribution is 5.76. The first-order valence-corrected chi connectivity index (χ1v) is 7.53. The van der Waals surface area contributed by atoms with Crippen molar-refractivity contribution in [2.75, 3.05) is 26.2 Å². The van der Waals surface area contributed by atoms with Crippen LogP contribution in [0.2, 0.25) is 0 Å². The Labute approximate surface area is 119 Å². The maximum absolute atomic E-state index is 12.0. The molecule has 2 aliphatic rings. The number of likely N-dealkylation sites (tertiary alicyclic amines) is 2. The summed E-state index contributed by atoms with van der Waals surface area (Å²) < 4.78 is 1.32. The van der Waals surface area contributed by atoms with E-state index in [0.29, 0.717) is 12.0 Å². The highest BCUT2D eigenvalue weighted by Crippen LogP contribution is 2.32. The summed E-state index contributed by atoms with van der Waals surface area (Å²) in [4.78, 5) is 20.3. The molecule has 3 heterocycles. The Kier molecular flexibility index (Phi) is 3.74. The van der Waals surface area contributed by atoms with E-state index in [4.69, 9.17) is 0 Å². The summed E-state index contributed by atoms with van der Waals surface area (Å²) >= 11 is 0. The van der Waals surface area contributed by atoms with Gasteiger partial charge in [-0.3, -0.25) is 0 Å². The van der Waals surface area contributed by atoms with Crippen LogP contribution < -0.4 is 0 Å². The van der Waals surface area contributed by atoms with Crippen LogP contribution >= 0.6 is 0 Å². The van der Waals surface area contributed by atoms with Gasteiger partial charge in [0.15, 0.2) is 0 Å². The Hall–Kier alpha value is -1.43. The molecule has 2 saturated heterocycles. The molecule has 1 aromatic heterocycles. The summed E-state index contributed by atoms with van der Waals surface area (Å²) in [6.07, 6.45) is 5.41. The Morgan fingerprint density at radius 2 is 1.90 bits per heavy atom. The molecule has 6 nitrogen and oxygen atoms in total. The number of piperidine rings is 1. The lowest BCUT2D eigenvalue weighted by molar-refractivity contribution is 0.0434. The molecule has 110 valence electrons. The number of carbonyl (C=O) groups is 1. The molecule has 2 aliphatic heterocycles. The zero-order chi connectivity index (χ0) is 14.1. The molecule has 0 spiro atoms. The van der Waals surface area contributed by atoms with E-state index in [1.165, 1.54) is 43.3 Å². The first-order chi connectivity index (χ1) is 9.65. The minimum Gasteiger partial charge on any atom is -0.322 e. The van der Waals surface area contributed by atoms with Gasteiger partial charge in [-0.1, -0.05) is 0 Å². The van der Waals surface area contributed by atoms with E-state index in [1.807, 2.05) is 4.90 Å². The van der Waals surface area contributed by atoms with Crippen LogP contribution in [-0.4, -0.2) is 62.8 Å². The highest BCUT2D eigenvalue weighted by Gasteiger charge is 2.38. The molecule has 0 aliphatic carbocycles. The summed E-state index contributed by atoms with van der Waals surface area (Å²) in [6.45, 7) is 8.70. The lowest BCUT2D eigenvalue weighted by Crippen LogP contribution is -2.55. The van der Waals surface area contributed by atoms with Crippen molar-refractivity contribution in [3.63, 3.8) is 0 Å². The van der Waals surface area contributed by atoms with Crippen LogP contribution in [-0.2, 0) is 0 Å². The van der Waals surface area contributed by atoms with Gasteiger partial charge in [-0.2, -0.15) is 9.78 Å². The third kappa shape index (κ3) is 2.57. The topological polar surface area (TPSA) is 54.3 Å². The Morgan fingerprint density at radius 3 is 2.45 bits per heavy atom. The average Bonchev–Trinajstić information content (AvgIpc) is 2.91. The Morgan fingerprint density at radius 1 is 1.20 bits per heavy atom. The molecular weight excluding hydrogens is 254 g/mol. The van der Waals surface area contributed by atoms with Gasteiger partial charge in [0.1, 0.15) is 12.7 Å². The number of rotatable bonds is 2. The molecule has 2 fully saturated rings. The zero-order valence-corrected chi connectivity index (χ0v) is 12.3. The molecule has 0 atom stereocenters. The molecule has 1 aromatic rings. The molecule has 1 amide bonds. The molecule has 0 N–H and O–H groups in total. The van der Waals surface area contributed by atoms with Crippen molar-refractivity contribution >= 4 is 6.03 Å². The van der Waals surface area contributed by atoms with E-state index in [9.17, 15) is 4.79 Å². The minimum atomic E-state index is -0.0432. The van der Waals surface area contributed by atoms with Crippen molar-refractivity contribution in [2.24, 2.45) is 11.8 Å². The zero-order valence-electron chi connectivity index (χ0n) is 12.3. The predicted molar refractivity (Wildman–Crippen MR) is 75.3 cm³/mol. The van der Waals surface area contributed by atoms with E-state index in [0.717, 1.165) is 19.0 Å². The summed E-state index contributed by atoms with van der Waals surface area (Å²) in [5, 5.41) is 3.89. The number of aromatic nitrogens is 3. The summed E-state index contributed by atoms with van der Waals surface area (Å²) in [6, 6.07) is 0.612. The number of nitrogens with zero attached hydrogens (tertiary/aromatic N) is 5. The summed E-state index contributed by atoms with van der Waals surface area (Å²) in [5.74, 6) is 1.46. The second-order valence-corrected chi connectivity index (χ2v) is 6.25. The van der Waals surface area contributed by atoms with Gasteiger partial charge in [0.25, 0.3) is 0 Å². The van der Waals surface area contributed by atoms with E-state index in [1.54, 1.807) is 0 Å². The second kappa shape index (κ2) is 5.52. The van der Waals surface area contributed by atoms with Crippen LogP contribution in [0.25, 0.3) is 0 Å². The monoisotopic (exact) mass is 277 g/mol. The fraction of sp³-hybridized carbons (Fsp3) is 0.786. The first-order valence-electron chi connectivity index (χ1n) is 7.53. The van der Waals surface area contributed by atoms with Crippen molar-refractivity contribution < 1.29 is 4.79 Å². The number of carbonyl (C=O) groups excluding carboxylic acids is 1. The van der Waals surface area contributed by atoms with Crippen molar-refractivity contribution in [3.05, 3.63) is 12.7 Å². The normalized spacial score (nSPS) is 22.2. The van der Waals surface area contributed by atoms with Gasteiger partial charge in [-0.25, -0.2) is 9.78 Å². The van der Waals surface area contributed by atoms with Gasteiger partial charge in [0.2, 0.25) is 0 Å². The average molecular weight is 277 g/mol. The Balaban J connectivity index is 1.46. The van der Waals surface area contributed by atoms with Crippen LogP contribution in [0.4, 0.5) is 4.79 Å². The van der Waals surface area contributed by atoms with Gasteiger partial charge >= 0.3 is 6.03 Å². The lowest BCUT2D eigenvalue weighted by atomic mass is 9.79. The smallest absolute Gasteiger partial charge is 0.322 e. The van der Waals surface area contributed by atoms with Gasteiger partial charge in [0, 0.05) is 19.1 Å². The molecule has 0 unspecified atom stereocenters. The fourth-order valence-corrected chi connectivity index (χ4v) is 3.33. The van der Waals surface area contributed by atoms with Crippen LogP contribution in [0.5, 0.6) is 0 Å². The van der Waals surface area contributed by atoms with Crippen molar-refractivity contribution in [2.45, 2.75) is 32.7 Å². The Bertz CT molecular complexity index is 444. The third-order valence-corrected chi connectivity index (χ3v) is 4.77. The van der Waals surface area contributed by atoms with Crippen LogP contribution in [0, 0.1) is 11.8 Å². The first kappa shape index (κ1) is 13.5. The van der Waals surface area contributed by atoms with Crippen LogP contribution in [0.1, 0.15) is 26.7 Å². The molecular formula is C14H23N5O. The standard InChI is InChI=1S/C14H23N5O/c1-11(2)17-5-3-12(4-6-17)13-7-18(8-13)14(20)19-10-15-9-16-19/h9-13H,3-8H2,1-2H3. The second-order valence-electron chi connectivity index (χ2n) is 6.25. The maximum Gasteiger partial charge on any atom is 0.346 e. The van der Waals surface area contributed by atoms with Crippen LogP contribution in [0.3, 0.4) is 0 Å². The van der Waals surface area contributed by atoms with Gasteiger partial charge in [-0.05, 0) is 51.6 Å². The molecule has 0 radical (unpaired) electrons. The van der Waals surface area contributed by atoms with Crippen LogP contribution in [0.15, 0.2) is 12.7 Å². The van der Waals surface area contributed by atoms with Crippen molar-refractivity contribution in [3.8, 4) is 0 Å². The van der Waals surface area contributed by atoms with E-state index in [-0.39, 0.29) is 6.03 Å². The number of amides is 1.